The molecule has 0 aliphatic rings. The molecule has 112 valence electrons. The van der Waals surface area contributed by atoms with Crippen LogP contribution in [0.4, 0.5) is 0 Å². The minimum Gasteiger partial charge on any atom is -0.487 e. The molecule has 0 fully saturated rings. The van der Waals surface area contributed by atoms with E-state index >= 15 is 0 Å². The van der Waals surface area contributed by atoms with Crippen LogP contribution in [0.2, 0.25) is 0 Å². The van der Waals surface area contributed by atoms with Gasteiger partial charge in [0.25, 0.3) is 0 Å². The van der Waals surface area contributed by atoms with Crippen LogP contribution in [0.25, 0.3) is 10.9 Å². The van der Waals surface area contributed by atoms with Gasteiger partial charge in [0, 0.05) is 5.39 Å². The van der Waals surface area contributed by atoms with Crippen LogP contribution in [-0.2, 0) is 6.61 Å². The standard InChI is InChI=1S/C20H21NO/c1-3-15(2)16-9-12-19(13-10-16)22-14-18-11-8-17-6-4-5-7-20(17)21-18/h4-13,15H,3,14H2,1-2H3. The average Bonchev–Trinajstić information content (AvgIpc) is 2.59. The second-order valence-corrected chi connectivity index (χ2v) is 5.66. The van der Waals surface area contributed by atoms with Gasteiger partial charge in [-0.3, -0.25) is 0 Å². The fourth-order valence-corrected chi connectivity index (χ4v) is 2.47. The van der Waals surface area contributed by atoms with Crippen molar-refractivity contribution < 1.29 is 4.74 Å². The highest BCUT2D eigenvalue weighted by Crippen LogP contribution is 2.22. The molecule has 1 unspecified atom stereocenters. The van der Waals surface area contributed by atoms with Crippen LogP contribution in [0.1, 0.15) is 37.4 Å². The molecule has 1 aromatic heterocycles. The molecule has 22 heavy (non-hydrogen) atoms. The first-order chi connectivity index (χ1) is 10.8. The maximum atomic E-state index is 5.85. The summed E-state index contributed by atoms with van der Waals surface area (Å²) < 4.78 is 5.85. The fourth-order valence-electron chi connectivity index (χ4n) is 2.47. The monoisotopic (exact) mass is 291 g/mol. The molecule has 1 heterocycles. The number of hydrogen-bond donors (Lipinski definition) is 0. The number of ether oxygens (including phenoxy) is 1. The lowest BCUT2D eigenvalue weighted by Gasteiger charge is -2.11. The Morgan fingerprint density at radius 1 is 0.955 bits per heavy atom. The van der Waals surface area contributed by atoms with Gasteiger partial charge in [0.2, 0.25) is 0 Å². The van der Waals surface area contributed by atoms with E-state index in [1.165, 1.54) is 5.56 Å². The minimum atomic E-state index is 0.494. The molecule has 0 bridgehead atoms. The third-order valence-corrected chi connectivity index (χ3v) is 4.10. The van der Waals surface area contributed by atoms with E-state index in [1.807, 2.05) is 36.4 Å². The zero-order chi connectivity index (χ0) is 15.4. The van der Waals surface area contributed by atoms with Crippen LogP contribution in [0, 0.1) is 0 Å². The van der Waals surface area contributed by atoms with Gasteiger partial charge in [-0.15, -0.1) is 0 Å². The molecule has 2 aromatic carbocycles. The Morgan fingerprint density at radius 2 is 1.73 bits per heavy atom. The molecule has 0 saturated carbocycles. The van der Waals surface area contributed by atoms with E-state index in [2.05, 4.69) is 43.1 Å². The number of aromatic nitrogens is 1. The summed E-state index contributed by atoms with van der Waals surface area (Å²) in [7, 11) is 0. The SMILES string of the molecule is CCC(C)c1ccc(OCc2ccc3ccccc3n2)cc1. The molecule has 3 aromatic rings. The van der Waals surface area contributed by atoms with Crippen LogP contribution in [0.15, 0.2) is 60.7 Å². The smallest absolute Gasteiger partial charge is 0.130 e. The Bertz CT molecular complexity index is 749. The first-order valence-corrected chi connectivity index (χ1v) is 7.83. The molecule has 0 amide bonds. The van der Waals surface area contributed by atoms with Crippen molar-refractivity contribution in [3.63, 3.8) is 0 Å². The highest BCUT2D eigenvalue weighted by molar-refractivity contribution is 5.78. The Labute approximate surface area is 131 Å². The number of nitrogens with zero attached hydrogens (tertiary/aromatic N) is 1. The molecule has 0 N–H and O–H groups in total. The van der Waals surface area contributed by atoms with E-state index in [1.54, 1.807) is 0 Å². The van der Waals surface area contributed by atoms with Gasteiger partial charge in [0.15, 0.2) is 0 Å². The number of rotatable bonds is 5. The summed E-state index contributed by atoms with van der Waals surface area (Å²) in [4.78, 5) is 4.62. The molecule has 1 atom stereocenters. The number of fused-ring (bicyclic) bond motifs is 1. The lowest BCUT2D eigenvalue weighted by molar-refractivity contribution is 0.301. The van der Waals surface area contributed by atoms with Gasteiger partial charge in [-0.1, -0.05) is 50.2 Å². The summed E-state index contributed by atoms with van der Waals surface area (Å²) in [6.07, 6.45) is 1.15. The van der Waals surface area contributed by atoms with Gasteiger partial charge in [0.05, 0.1) is 11.2 Å². The van der Waals surface area contributed by atoms with Crippen LogP contribution in [0.3, 0.4) is 0 Å². The third kappa shape index (κ3) is 3.28. The summed E-state index contributed by atoms with van der Waals surface area (Å²) in [5, 5.41) is 1.16. The van der Waals surface area contributed by atoms with Gasteiger partial charge in [-0.25, -0.2) is 4.98 Å². The predicted octanol–water partition coefficient (Wildman–Crippen LogP) is 5.33. The normalized spacial score (nSPS) is 12.3. The molecule has 2 heteroatoms. The van der Waals surface area contributed by atoms with Gasteiger partial charge in [0.1, 0.15) is 12.4 Å². The van der Waals surface area contributed by atoms with Gasteiger partial charge in [-0.2, -0.15) is 0 Å². The molecule has 2 nitrogen and oxygen atoms in total. The van der Waals surface area contributed by atoms with E-state index < -0.39 is 0 Å². The zero-order valence-corrected chi connectivity index (χ0v) is 13.1. The average molecular weight is 291 g/mol. The van der Waals surface area contributed by atoms with Crippen molar-refractivity contribution >= 4 is 10.9 Å². The van der Waals surface area contributed by atoms with Crippen molar-refractivity contribution in [3.05, 3.63) is 71.9 Å². The van der Waals surface area contributed by atoms with Crippen molar-refractivity contribution in [2.75, 3.05) is 0 Å². The molecule has 0 radical (unpaired) electrons. The highest BCUT2D eigenvalue weighted by Gasteiger charge is 2.03. The van der Waals surface area contributed by atoms with Crippen LogP contribution < -0.4 is 4.74 Å². The maximum absolute atomic E-state index is 5.85. The molecule has 0 spiro atoms. The van der Waals surface area contributed by atoms with Crippen molar-refractivity contribution in [1.82, 2.24) is 4.98 Å². The first-order valence-electron chi connectivity index (χ1n) is 7.83. The number of pyridine rings is 1. The third-order valence-electron chi connectivity index (χ3n) is 4.10. The van der Waals surface area contributed by atoms with E-state index in [9.17, 15) is 0 Å². The summed E-state index contributed by atoms with van der Waals surface area (Å²) >= 11 is 0. The fraction of sp³-hybridized carbons (Fsp3) is 0.250. The van der Waals surface area contributed by atoms with Crippen molar-refractivity contribution in [2.45, 2.75) is 32.8 Å². The van der Waals surface area contributed by atoms with Crippen LogP contribution in [0.5, 0.6) is 5.75 Å². The molecular weight excluding hydrogens is 270 g/mol. The topological polar surface area (TPSA) is 22.1 Å². The van der Waals surface area contributed by atoms with Crippen molar-refractivity contribution in [2.24, 2.45) is 0 Å². The summed E-state index contributed by atoms with van der Waals surface area (Å²) in [6, 6.07) is 20.6. The molecule has 3 rings (SSSR count). The predicted molar refractivity (Wildman–Crippen MR) is 91.2 cm³/mol. The second-order valence-electron chi connectivity index (χ2n) is 5.66. The van der Waals surface area contributed by atoms with Gasteiger partial charge in [-0.05, 0) is 42.2 Å². The lowest BCUT2D eigenvalue weighted by Crippen LogP contribution is -1.99. The lowest BCUT2D eigenvalue weighted by atomic mass is 9.99. The summed E-state index contributed by atoms with van der Waals surface area (Å²) in [6.45, 7) is 4.95. The van der Waals surface area contributed by atoms with E-state index in [4.69, 9.17) is 4.74 Å². The van der Waals surface area contributed by atoms with Crippen molar-refractivity contribution in [1.29, 1.82) is 0 Å². The number of hydrogen-bond acceptors (Lipinski definition) is 2. The van der Waals surface area contributed by atoms with Gasteiger partial charge < -0.3 is 4.74 Å². The Morgan fingerprint density at radius 3 is 2.50 bits per heavy atom. The number of para-hydroxylation sites is 1. The Balaban J connectivity index is 1.68. The molecule has 0 aliphatic heterocycles. The van der Waals surface area contributed by atoms with Crippen LogP contribution in [-0.4, -0.2) is 4.98 Å². The minimum absolute atomic E-state index is 0.494. The largest absolute Gasteiger partial charge is 0.487 e. The summed E-state index contributed by atoms with van der Waals surface area (Å²) in [5.74, 6) is 1.48. The van der Waals surface area contributed by atoms with Gasteiger partial charge >= 0.3 is 0 Å². The highest BCUT2D eigenvalue weighted by atomic mass is 16.5. The van der Waals surface area contributed by atoms with E-state index in [-0.39, 0.29) is 0 Å². The molecule has 0 aliphatic carbocycles. The maximum Gasteiger partial charge on any atom is 0.130 e. The van der Waals surface area contributed by atoms with E-state index in [0.717, 1.165) is 28.8 Å². The first kappa shape index (κ1) is 14.6. The molecule has 0 saturated heterocycles. The van der Waals surface area contributed by atoms with Crippen LogP contribution >= 0.6 is 0 Å². The second kappa shape index (κ2) is 6.61. The Kier molecular flexibility index (Phi) is 4.38. The summed E-state index contributed by atoms with van der Waals surface area (Å²) in [5.41, 5.74) is 3.32. The van der Waals surface area contributed by atoms with Crippen molar-refractivity contribution in [3.8, 4) is 5.75 Å². The molecular formula is C20H21NO. The Hall–Kier alpha value is -2.35. The zero-order valence-electron chi connectivity index (χ0n) is 13.1. The quantitative estimate of drug-likeness (QED) is 0.634. The number of benzene rings is 2. The van der Waals surface area contributed by atoms with E-state index in [0.29, 0.717) is 12.5 Å².